The number of nitrogens with zero attached hydrogens (tertiary/aromatic N) is 4. The highest BCUT2D eigenvalue weighted by atomic mass is 32.2. The average Bonchev–Trinajstić information content (AvgIpc) is 3.12. The molecule has 1 aliphatic rings. The third-order valence-corrected chi connectivity index (χ3v) is 7.34. The summed E-state index contributed by atoms with van der Waals surface area (Å²) in [5, 5.41) is 0.877. The van der Waals surface area contributed by atoms with Crippen LogP contribution in [0.15, 0.2) is 18.6 Å². The second-order valence-corrected chi connectivity index (χ2v) is 10.1. The smallest absolute Gasteiger partial charge is 0.307 e. The Hall–Kier alpha value is -2.20. The van der Waals surface area contributed by atoms with Gasteiger partial charge in [-0.3, -0.25) is 9.36 Å². The van der Waals surface area contributed by atoms with Gasteiger partial charge in [0.15, 0.2) is 6.73 Å². The Kier molecular flexibility index (Phi) is 7.88. The van der Waals surface area contributed by atoms with Gasteiger partial charge in [-0.15, -0.1) is 0 Å². The summed E-state index contributed by atoms with van der Waals surface area (Å²) in [7, 11) is -1.23. The fourth-order valence-corrected chi connectivity index (χ4v) is 5.22. The highest BCUT2D eigenvalue weighted by molar-refractivity contribution is 7.89. The Morgan fingerprint density at radius 3 is 2.74 bits per heavy atom. The molecular formula is C21H33N5O4S. The number of aromatic nitrogens is 3. The molecule has 0 atom stereocenters. The summed E-state index contributed by atoms with van der Waals surface area (Å²) < 4.78 is 33.9. The number of hydrogen-bond donors (Lipinski definition) is 1. The van der Waals surface area contributed by atoms with E-state index < -0.39 is 10.0 Å². The lowest BCUT2D eigenvalue weighted by atomic mass is 9.86. The van der Waals surface area contributed by atoms with Crippen LogP contribution in [-0.4, -0.2) is 53.8 Å². The summed E-state index contributed by atoms with van der Waals surface area (Å²) in [4.78, 5) is 22.8. The normalized spacial score (nSPS) is 18.7. The molecule has 10 heteroatoms. The number of fused-ring (bicyclic) bond motifs is 1. The van der Waals surface area contributed by atoms with Crippen molar-refractivity contribution in [3.8, 4) is 0 Å². The number of esters is 1. The number of unbranched alkanes of at least 4 members (excludes halogenated alkanes) is 2. The molecule has 2 aromatic heterocycles. The lowest BCUT2D eigenvalue weighted by molar-refractivity contribution is -0.147. The van der Waals surface area contributed by atoms with E-state index in [4.69, 9.17) is 4.74 Å². The number of ether oxygens (including phenoxy) is 1. The molecule has 3 rings (SSSR count). The van der Waals surface area contributed by atoms with Crippen LogP contribution in [0.2, 0.25) is 0 Å². The van der Waals surface area contributed by atoms with Crippen molar-refractivity contribution < 1.29 is 17.9 Å². The first-order valence-corrected chi connectivity index (χ1v) is 12.7. The Morgan fingerprint density at radius 2 is 2.03 bits per heavy atom. The lowest BCUT2D eigenvalue weighted by Crippen LogP contribution is -2.53. The van der Waals surface area contributed by atoms with E-state index in [1.807, 2.05) is 26.2 Å². The molecule has 0 radical (unpaired) electrons. The minimum absolute atomic E-state index is 0.0296. The van der Waals surface area contributed by atoms with Crippen molar-refractivity contribution in [2.24, 2.45) is 0 Å². The summed E-state index contributed by atoms with van der Waals surface area (Å²) in [6.07, 6.45) is 8.79. The lowest BCUT2D eigenvalue weighted by Gasteiger charge is -2.41. The molecule has 2 aromatic rings. The first-order valence-electron chi connectivity index (χ1n) is 11.0. The van der Waals surface area contributed by atoms with E-state index in [0.717, 1.165) is 43.3 Å². The van der Waals surface area contributed by atoms with Crippen LogP contribution < -0.4 is 9.62 Å². The van der Waals surface area contributed by atoms with Gasteiger partial charge in [-0.1, -0.05) is 26.7 Å². The van der Waals surface area contributed by atoms with Crippen LogP contribution in [0.4, 0.5) is 5.82 Å². The summed E-state index contributed by atoms with van der Waals surface area (Å²) in [5.41, 5.74) is 0.706. The molecular weight excluding hydrogens is 418 g/mol. The Morgan fingerprint density at radius 1 is 1.26 bits per heavy atom. The molecule has 1 fully saturated rings. The number of anilines is 1. The first kappa shape index (κ1) is 23.5. The van der Waals surface area contributed by atoms with E-state index in [0.29, 0.717) is 18.5 Å². The number of hydrogen-bond acceptors (Lipinski definition) is 7. The molecule has 172 valence electrons. The number of carbonyl (C=O) groups excluding carboxylic acids is 1. The monoisotopic (exact) mass is 451 g/mol. The maximum absolute atomic E-state index is 12.0. The van der Waals surface area contributed by atoms with Crippen molar-refractivity contribution in [2.45, 2.75) is 77.6 Å². The topological polar surface area (TPSA) is 106 Å². The van der Waals surface area contributed by atoms with Gasteiger partial charge in [0, 0.05) is 31.7 Å². The number of nitrogens with one attached hydrogen (secondary N) is 1. The maximum atomic E-state index is 12.0. The molecule has 1 aliphatic carbocycles. The fraction of sp³-hybridized carbons (Fsp3) is 0.667. The molecule has 0 bridgehead atoms. The maximum Gasteiger partial charge on any atom is 0.307 e. The Balaban J connectivity index is 1.60. The molecule has 0 unspecified atom stereocenters. The minimum atomic E-state index is -3.20. The van der Waals surface area contributed by atoms with Crippen molar-refractivity contribution >= 4 is 32.8 Å². The Bertz CT molecular complexity index is 985. The van der Waals surface area contributed by atoms with Crippen LogP contribution >= 0.6 is 0 Å². The average molecular weight is 452 g/mol. The molecule has 0 amide bonds. The predicted molar refractivity (Wildman–Crippen MR) is 120 cm³/mol. The van der Waals surface area contributed by atoms with Crippen LogP contribution in [0.25, 0.3) is 11.0 Å². The molecule has 9 nitrogen and oxygen atoms in total. The molecule has 0 spiro atoms. The van der Waals surface area contributed by atoms with E-state index in [9.17, 15) is 13.2 Å². The van der Waals surface area contributed by atoms with Gasteiger partial charge in [-0.25, -0.2) is 23.1 Å². The van der Waals surface area contributed by atoms with Gasteiger partial charge < -0.3 is 9.64 Å². The van der Waals surface area contributed by atoms with E-state index >= 15 is 0 Å². The van der Waals surface area contributed by atoms with Gasteiger partial charge in [-0.05, 0) is 31.7 Å². The van der Waals surface area contributed by atoms with Crippen molar-refractivity contribution in [1.29, 1.82) is 0 Å². The van der Waals surface area contributed by atoms with E-state index in [1.54, 1.807) is 4.57 Å². The zero-order valence-electron chi connectivity index (χ0n) is 18.6. The standard InChI is InChI=1S/C21H33N5O4S/c1-4-6-7-8-19(27)30-15-26-10-9-18-20(22-14-23-21(18)26)25(3)17-12-16(13-17)24-31(28,29)11-5-2/h9-10,14,16-17,24H,4-8,11-13,15H2,1-3H3. The molecule has 0 saturated heterocycles. The van der Waals surface area contributed by atoms with Gasteiger partial charge >= 0.3 is 5.97 Å². The summed E-state index contributed by atoms with van der Waals surface area (Å²) in [6.45, 7) is 4.08. The summed E-state index contributed by atoms with van der Waals surface area (Å²) in [5.74, 6) is 0.748. The molecule has 1 saturated carbocycles. The second-order valence-electron chi connectivity index (χ2n) is 8.19. The molecule has 1 N–H and O–H groups in total. The predicted octanol–water partition coefficient (Wildman–Crippen LogP) is 2.81. The number of rotatable bonds is 12. The SMILES string of the molecule is CCCCCC(=O)OCn1ccc2c(N(C)C3CC(NS(=O)(=O)CCC)C3)ncnc21. The minimum Gasteiger partial charge on any atom is -0.444 e. The molecule has 0 aliphatic heterocycles. The van der Waals surface area contributed by atoms with E-state index in [-0.39, 0.29) is 30.5 Å². The van der Waals surface area contributed by atoms with Crippen molar-refractivity contribution in [2.75, 3.05) is 17.7 Å². The van der Waals surface area contributed by atoms with Crippen LogP contribution in [0.5, 0.6) is 0 Å². The van der Waals surface area contributed by atoms with Crippen LogP contribution in [-0.2, 0) is 26.3 Å². The van der Waals surface area contributed by atoms with Gasteiger partial charge in [0.1, 0.15) is 17.8 Å². The Labute approximate surface area is 184 Å². The van der Waals surface area contributed by atoms with Crippen LogP contribution in [0, 0.1) is 0 Å². The van der Waals surface area contributed by atoms with Crippen molar-refractivity contribution in [1.82, 2.24) is 19.3 Å². The van der Waals surface area contributed by atoms with Gasteiger partial charge in [0.05, 0.1) is 11.1 Å². The first-order chi connectivity index (χ1) is 14.8. The molecule has 31 heavy (non-hydrogen) atoms. The summed E-state index contributed by atoms with van der Waals surface area (Å²) in [6, 6.07) is 2.09. The highest BCUT2D eigenvalue weighted by Gasteiger charge is 2.35. The fourth-order valence-electron chi connectivity index (χ4n) is 3.86. The van der Waals surface area contributed by atoms with Crippen LogP contribution in [0.3, 0.4) is 0 Å². The zero-order chi connectivity index (χ0) is 22.4. The third kappa shape index (κ3) is 5.94. The number of carbonyl (C=O) groups is 1. The highest BCUT2D eigenvalue weighted by Crippen LogP contribution is 2.32. The van der Waals surface area contributed by atoms with Gasteiger partial charge in [-0.2, -0.15) is 0 Å². The molecule has 0 aromatic carbocycles. The zero-order valence-corrected chi connectivity index (χ0v) is 19.4. The quantitative estimate of drug-likeness (QED) is 0.391. The number of sulfonamides is 1. The largest absolute Gasteiger partial charge is 0.444 e. The molecule has 2 heterocycles. The van der Waals surface area contributed by atoms with E-state index in [1.165, 1.54) is 6.33 Å². The van der Waals surface area contributed by atoms with Gasteiger partial charge in [0.25, 0.3) is 0 Å². The summed E-state index contributed by atoms with van der Waals surface area (Å²) >= 11 is 0. The second kappa shape index (κ2) is 10.4. The van der Waals surface area contributed by atoms with Gasteiger partial charge in [0.2, 0.25) is 10.0 Å². The van der Waals surface area contributed by atoms with Crippen molar-refractivity contribution in [3.63, 3.8) is 0 Å². The van der Waals surface area contributed by atoms with Crippen molar-refractivity contribution in [3.05, 3.63) is 18.6 Å². The van der Waals surface area contributed by atoms with Crippen LogP contribution in [0.1, 0.15) is 58.8 Å². The third-order valence-electron chi connectivity index (χ3n) is 5.70. The van der Waals surface area contributed by atoms with E-state index in [2.05, 4.69) is 26.5 Å².